The monoisotopic (exact) mass is 228 g/mol. The molecule has 0 spiro atoms. The van der Waals surface area contributed by atoms with Crippen molar-refractivity contribution in [3.05, 3.63) is 0 Å². The van der Waals surface area contributed by atoms with E-state index in [4.69, 9.17) is 9.84 Å². The van der Waals surface area contributed by atoms with Gasteiger partial charge >= 0.3 is 6.09 Å². The predicted octanol–water partition coefficient (Wildman–Crippen LogP) is 0.282. The van der Waals surface area contributed by atoms with Gasteiger partial charge in [0.1, 0.15) is 5.60 Å². The molecule has 0 saturated carbocycles. The van der Waals surface area contributed by atoms with E-state index in [1.807, 2.05) is 20.8 Å². The summed E-state index contributed by atoms with van der Waals surface area (Å²) in [5.74, 6) is 0. The molecule has 0 aromatic rings. The maximum absolute atomic E-state index is 11.6. The van der Waals surface area contributed by atoms with Crippen molar-refractivity contribution in [2.24, 2.45) is 0 Å². The molecule has 5 heteroatoms. The molecule has 1 N–H and O–H groups in total. The fourth-order valence-electron chi connectivity index (χ4n) is 1.95. The van der Waals surface area contributed by atoms with Crippen molar-refractivity contribution in [3.63, 3.8) is 0 Å². The quantitative estimate of drug-likeness (QED) is 0.700. The molecule has 0 aliphatic carbocycles. The molecule has 2 aliphatic rings. The molecular formula is C11H20N2O3. The standard InChI is InChI=1S/C11H20N2O3/c1-11(2,3)16-10(15)13-4-8(5-13)12-6-9(14)7-12/h8-9,14H,4-7H2,1-3H3. The maximum Gasteiger partial charge on any atom is 0.410 e. The second kappa shape index (κ2) is 3.89. The third-order valence-corrected chi connectivity index (χ3v) is 2.92. The van der Waals surface area contributed by atoms with Crippen LogP contribution in [0, 0.1) is 0 Å². The molecule has 16 heavy (non-hydrogen) atoms. The van der Waals surface area contributed by atoms with Gasteiger partial charge in [-0.1, -0.05) is 0 Å². The van der Waals surface area contributed by atoms with Crippen molar-refractivity contribution in [2.75, 3.05) is 26.2 Å². The van der Waals surface area contributed by atoms with E-state index in [0.29, 0.717) is 6.04 Å². The lowest BCUT2D eigenvalue weighted by atomic mass is 10.0. The first-order valence-electron chi connectivity index (χ1n) is 5.75. The average Bonchev–Trinajstić information content (AvgIpc) is 1.94. The number of rotatable bonds is 1. The zero-order valence-corrected chi connectivity index (χ0v) is 10.1. The van der Waals surface area contributed by atoms with Crippen LogP contribution in [0.2, 0.25) is 0 Å². The van der Waals surface area contributed by atoms with Gasteiger partial charge in [0.15, 0.2) is 0 Å². The molecule has 0 radical (unpaired) electrons. The van der Waals surface area contributed by atoms with Crippen LogP contribution in [-0.2, 0) is 4.74 Å². The van der Waals surface area contributed by atoms with Crippen molar-refractivity contribution in [1.82, 2.24) is 9.80 Å². The van der Waals surface area contributed by atoms with Crippen LogP contribution in [0.4, 0.5) is 4.79 Å². The SMILES string of the molecule is CC(C)(C)OC(=O)N1CC(N2CC(O)C2)C1. The van der Waals surface area contributed by atoms with Crippen molar-refractivity contribution >= 4 is 6.09 Å². The number of ether oxygens (including phenoxy) is 1. The van der Waals surface area contributed by atoms with Crippen LogP contribution >= 0.6 is 0 Å². The number of aliphatic hydroxyl groups is 1. The Labute approximate surface area is 96.0 Å². The smallest absolute Gasteiger partial charge is 0.410 e. The Hall–Kier alpha value is -0.810. The molecule has 5 nitrogen and oxygen atoms in total. The van der Waals surface area contributed by atoms with E-state index in [1.165, 1.54) is 0 Å². The Morgan fingerprint density at radius 2 is 1.81 bits per heavy atom. The number of hydrogen-bond donors (Lipinski definition) is 1. The van der Waals surface area contributed by atoms with Crippen LogP contribution < -0.4 is 0 Å². The summed E-state index contributed by atoms with van der Waals surface area (Å²) in [7, 11) is 0. The normalized spacial score (nSPS) is 23.9. The summed E-state index contributed by atoms with van der Waals surface area (Å²) < 4.78 is 5.26. The highest BCUT2D eigenvalue weighted by Gasteiger charge is 2.41. The summed E-state index contributed by atoms with van der Waals surface area (Å²) in [4.78, 5) is 15.5. The van der Waals surface area contributed by atoms with Gasteiger partial charge in [0.25, 0.3) is 0 Å². The summed E-state index contributed by atoms with van der Waals surface area (Å²) in [5, 5.41) is 9.17. The molecule has 2 heterocycles. The summed E-state index contributed by atoms with van der Waals surface area (Å²) >= 11 is 0. The molecule has 0 bridgehead atoms. The lowest BCUT2D eigenvalue weighted by Crippen LogP contribution is -2.67. The fraction of sp³-hybridized carbons (Fsp3) is 0.909. The maximum atomic E-state index is 11.6. The van der Waals surface area contributed by atoms with E-state index in [9.17, 15) is 4.79 Å². The minimum absolute atomic E-state index is 0.171. The minimum Gasteiger partial charge on any atom is -0.444 e. The Kier molecular flexibility index (Phi) is 2.84. The topological polar surface area (TPSA) is 53.0 Å². The van der Waals surface area contributed by atoms with Crippen LogP contribution in [0.15, 0.2) is 0 Å². The molecule has 0 aromatic heterocycles. The molecule has 92 valence electrons. The second-order valence-corrected chi connectivity index (χ2v) is 5.65. The molecule has 2 saturated heterocycles. The first-order valence-corrected chi connectivity index (χ1v) is 5.75. The van der Waals surface area contributed by atoms with Gasteiger partial charge in [0, 0.05) is 32.2 Å². The van der Waals surface area contributed by atoms with E-state index < -0.39 is 5.60 Å². The van der Waals surface area contributed by atoms with Gasteiger partial charge in [-0.15, -0.1) is 0 Å². The van der Waals surface area contributed by atoms with Gasteiger partial charge < -0.3 is 14.7 Å². The molecule has 2 fully saturated rings. The largest absolute Gasteiger partial charge is 0.444 e. The van der Waals surface area contributed by atoms with E-state index in [-0.39, 0.29) is 12.2 Å². The van der Waals surface area contributed by atoms with Gasteiger partial charge in [-0.25, -0.2) is 4.79 Å². The molecule has 1 amide bonds. The van der Waals surface area contributed by atoms with Gasteiger partial charge in [0.05, 0.1) is 6.10 Å². The third-order valence-electron chi connectivity index (χ3n) is 2.92. The molecular weight excluding hydrogens is 208 g/mol. The Bertz CT molecular complexity index is 275. The first-order chi connectivity index (χ1) is 7.35. The number of carbonyl (C=O) groups excluding carboxylic acids is 1. The number of amides is 1. The summed E-state index contributed by atoms with van der Waals surface area (Å²) in [6.45, 7) is 8.54. The van der Waals surface area contributed by atoms with E-state index in [1.54, 1.807) is 4.90 Å². The lowest BCUT2D eigenvalue weighted by molar-refractivity contribution is -0.0731. The highest BCUT2D eigenvalue weighted by Crippen LogP contribution is 2.22. The number of aliphatic hydroxyl groups excluding tert-OH is 1. The Balaban J connectivity index is 1.70. The van der Waals surface area contributed by atoms with Gasteiger partial charge in [-0.05, 0) is 20.8 Å². The highest BCUT2D eigenvalue weighted by atomic mass is 16.6. The molecule has 0 unspecified atom stereocenters. The van der Waals surface area contributed by atoms with Crippen molar-refractivity contribution in [2.45, 2.75) is 38.5 Å². The zero-order valence-electron chi connectivity index (χ0n) is 10.1. The number of nitrogens with zero attached hydrogens (tertiary/aromatic N) is 2. The number of hydrogen-bond acceptors (Lipinski definition) is 4. The van der Waals surface area contributed by atoms with Crippen molar-refractivity contribution in [3.8, 4) is 0 Å². The molecule has 0 aromatic carbocycles. The van der Waals surface area contributed by atoms with Gasteiger partial charge in [-0.3, -0.25) is 4.90 Å². The Morgan fingerprint density at radius 3 is 2.25 bits per heavy atom. The number of β-amino-alcohol motifs (C(OH)–C–C–N with tert-alkyl or cyclic N) is 1. The van der Waals surface area contributed by atoms with E-state index in [2.05, 4.69) is 4.90 Å². The third kappa shape index (κ3) is 2.47. The summed E-state index contributed by atoms with van der Waals surface area (Å²) in [6, 6.07) is 0.413. The fourth-order valence-corrected chi connectivity index (χ4v) is 1.95. The van der Waals surface area contributed by atoms with Crippen LogP contribution in [0.3, 0.4) is 0 Å². The average molecular weight is 228 g/mol. The van der Waals surface area contributed by atoms with Crippen LogP contribution in [0.5, 0.6) is 0 Å². The van der Waals surface area contributed by atoms with Crippen molar-refractivity contribution in [1.29, 1.82) is 0 Å². The molecule has 2 rings (SSSR count). The van der Waals surface area contributed by atoms with Gasteiger partial charge in [-0.2, -0.15) is 0 Å². The first kappa shape index (κ1) is 11.7. The van der Waals surface area contributed by atoms with E-state index >= 15 is 0 Å². The summed E-state index contributed by atoms with van der Waals surface area (Å²) in [6.07, 6.45) is -0.402. The van der Waals surface area contributed by atoms with E-state index in [0.717, 1.165) is 26.2 Å². The van der Waals surface area contributed by atoms with Crippen LogP contribution in [0.25, 0.3) is 0 Å². The summed E-state index contributed by atoms with van der Waals surface area (Å²) in [5.41, 5.74) is -0.422. The lowest BCUT2D eigenvalue weighted by Gasteiger charge is -2.50. The molecule has 0 atom stereocenters. The van der Waals surface area contributed by atoms with Crippen LogP contribution in [0.1, 0.15) is 20.8 Å². The Morgan fingerprint density at radius 1 is 1.25 bits per heavy atom. The van der Waals surface area contributed by atoms with Crippen LogP contribution in [-0.4, -0.2) is 64.9 Å². The number of likely N-dealkylation sites (tertiary alicyclic amines) is 2. The zero-order chi connectivity index (χ0) is 11.9. The minimum atomic E-state index is -0.422. The second-order valence-electron chi connectivity index (χ2n) is 5.65. The predicted molar refractivity (Wildman–Crippen MR) is 59.2 cm³/mol. The highest BCUT2D eigenvalue weighted by molar-refractivity contribution is 5.69. The molecule has 2 aliphatic heterocycles. The number of carbonyl (C=O) groups is 1. The van der Waals surface area contributed by atoms with Crippen molar-refractivity contribution < 1.29 is 14.6 Å². The van der Waals surface area contributed by atoms with Gasteiger partial charge in [0.2, 0.25) is 0 Å².